The van der Waals surface area contributed by atoms with Gasteiger partial charge in [-0.3, -0.25) is 0 Å². The maximum Gasteiger partial charge on any atom is 0.191 e. The van der Waals surface area contributed by atoms with Gasteiger partial charge < -0.3 is 15.5 Å². The van der Waals surface area contributed by atoms with Crippen LogP contribution >= 0.6 is 11.3 Å². The number of aromatic nitrogens is 1. The lowest BCUT2D eigenvalue weighted by Gasteiger charge is -2.33. The Morgan fingerprint density at radius 3 is 2.92 bits per heavy atom. The summed E-state index contributed by atoms with van der Waals surface area (Å²) in [7, 11) is 0. The van der Waals surface area contributed by atoms with Crippen LogP contribution in [0, 0.1) is 0 Å². The van der Waals surface area contributed by atoms with Crippen LogP contribution in [0.2, 0.25) is 0 Å². The quantitative estimate of drug-likeness (QED) is 0.420. The first kappa shape index (κ1) is 20.2. The van der Waals surface area contributed by atoms with Gasteiger partial charge in [0, 0.05) is 37.0 Å². The monoisotopic (exact) mass is 365 g/mol. The average molecular weight is 366 g/mol. The zero-order valence-corrected chi connectivity index (χ0v) is 17.2. The summed E-state index contributed by atoms with van der Waals surface area (Å²) in [6.07, 6.45) is 5.25. The maximum atomic E-state index is 4.68. The first-order valence-electron chi connectivity index (χ1n) is 9.80. The van der Waals surface area contributed by atoms with Crippen molar-refractivity contribution in [3.8, 4) is 0 Å². The van der Waals surface area contributed by atoms with E-state index in [1.807, 2.05) is 0 Å². The summed E-state index contributed by atoms with van der Waals surface area (Å²) in [5.41, 5.74) is 1.06. The molecule has 1 saturated heterocycles. The number of nitrogens with zero attached hydrogens (tertiary/aromatic N) is 3. The summed E-state index contributed by atoms with van der Waals surface area (Å²) in [6.45, 7) is 13.7. The van der Waals surface area contributed by atoms with E-state index in [9.17, 15) is 0 Å². The van der Waals surface area contributed by atoms with Gasteiger partial charge in [-0.2, -0.15) is 0 Å². The number of hydrogen-bond acceptors (Lipinski definition) is 4. The molecule has 1 aliphatic rings. The lowest BCUT2D eigenvalue weighted by molar-refractivity contribution is 0.159. The molecule has 0 radical (unpaired) electrons. The molecule has 5 nitrogen and oxygen atoms in total. The highest BCUT2D eigenvalue weighted by Crippen LogP contribution is 2.19. The molecule has 0 bridgehead atoms. The van der Waals surface area contributed by atoms with E-state index in [-0.39, 0.29) is 0 Å². The van der Waals surface area contributed by atoms with E-state index in [1.165, 1.54) is 37.4 Å². The summed E-state index contributed by atoms with van der Waals surface area (Å²) < 4.78 is 0. The Morgan fingerprint density at radius 2 is 2.24 bits per heavy atom. The number of hydrogen-bond donors (Lipinski definition) is 2. The van der Waals surface area contributed by atoms with Crippen molar-refractivity contribution in [3.05, 3.63) is 16.1 Å². The Kier molecular flexibility index (Phi) is 8.68. The summed E-state index contributed by atoms with van der Waals surface area (Å²) >= 11 is 1.73. The zero-order valence-electron chi connectivity index (χ0n) is 16.3. The summed E-state index contributed by atoms with van der Waals surface area (Å²) in [5, 5.41) is 10.1. The van der Waals surface area contributed by atoms with Crippen LogP contribution in [0.25, 0.3) is 0 Å². The predicted octanol–water partition coefficient (Wildman–Crippen LogP) is 3.59. The molecule has 1 unspecified atom stereocenters. The fraction of sp³-hybridized carbons (Fsp3) is 0.789. The van der Waals surface area contributed by atoms with Gasteiger partial charge in [0.1, 0.15) is 0 Å². The topological polar surface area (TPSA) is 52.6 Å². The van der Waals surface area contributed by atoms with Crippen LogP contribution in [0.3, 0.4) is 0 Å². The van der Waals surface area contributed by atoms with Crippen molar-refractivity contribution in [2.75, 3.05) is 26.2 Å². The predicted molar refractivity (Wildman–Crippen MR) is 109 cm³/mol. The highest BCUT2D eigenvalue weighted by Gasteiger charge is 2.17. The Labute approximate surface area is 157 Å². The molecule has 1 aromatic rings. The minimum absolute atomic E-state index is 0.492. The van der Waals surface area contributed by atoms with E-state index in [2.05, 4.69) is 58.6 Å². The van der Waals surface area contributed by atoms with Gasteiger partial charge in [0.2, 0.25) is 0 Å². The molecule has 6 heteroatoms. The molecule has 2 N–H and O–H groups in total. The number of aliphatic imine (C=N–C) groups is 1. The molecule has 25 heavy (non-hydrogen) atoms. The second kappa shape index (κ2) is 10.8. The van der Waals surface area contributed by atoms with Gasteiger partial charge in [0.25, 0.3) is 0 Å². The molecule has 0 aliphatic carbocycles. The van der Waals surface area contributed by atoms with E-state index in [1.54, 1.807) is 11.3 Å². The van der Waals surface area contributed by atoms with Gasteiger partial charge in [-0.05, 0) is 39.7 Å². The normalized spacial score (nSPS) is 19.4. The van der Waals surface area contributed by atoms with Gasteiger partial charge in [0.15, 0.2) is 5.96 Å². The fourth-order valence-corrected chi connectivity index (χ4v) is 3.97. The Bertz CT molecular complexity index is 526. The standard InChI is InChI=1S/C19H35N5S/c1-5-20-19(22-13-17-14-25-18(23-17)15(2)3)21-10-8-12-24-11-7-6-9-16(24)4/h14-16H,5-13H2,1-4H3,(H2,20,21,22). The summed E-state index contributed by atoms with van der Waals surface area (Å²) in [4.78, 5) is 12.0. The lowest BCUT2D eigenvalue weighted by atomic mass is 10.0. The number of likely N-dealkylation sites (tertiary alicyclic amines) is 1. The number of thiazole rings is 1. The van der Waals surface area contributed by atoms with Crippen LogP contribution in [0.15, 0.2) is 10.4 Å². The molecule has 2 rings (SSSR count). The Balaban J connectivity index is 1.75. The van der Waals surface area contributed by atoms with Crippen LogP contribution in [0.4, 0.5) is 0 Å². The first-order valence-corrected chi connectivity index (χ1v) is 10.7. The van der Waals surface area contributed by atoms with Crippen LogP contribution in [-0.2, 0) is 6.54 Å². The van der Waals surface area contributed by atoms with Crippen LogP contribution in [-0.4, -0.2) is 48.1 Å². The van der Waals surface area contributed by atoms with E-state index < -0.39 is 0 Å². The largest absolute Gasteiger partial charge is 0.357 e. The van der Waals surface area contributed by atoms with E-state index in [0.29, 0.717) is 12.5 Å². The smallest absolute Gasteiger partial charge is 0.191 e. The van der Waals surface area contributed by atoms with E-state index >= 15 is 0 Å². The molecule has 1 fully saturated rings. The highest BCUT2D eigenvalue weighted by molar-refractivity contribution is 7.09. The second-order valence-corrected chi connectivity index (χ2v) is 8.08. The highest BCUT2D eigenvalue weighted by atomic mass is 32.1. The number of rotatable bonds is 8. The van der Waals surface area contributed by atoms with Crippen LogP contribution in [0.5, 0.6) is 0 Å². The van der Waals surface area contributed by atoms with Gasteiger partial charge >= 0.3 is 0 Å². The molecule has 0 spiro atoms. The molecule has 1 atom stereocenters. The second-order valence-electron chi connectivity index (χ2n) is 7.19. The number of guanidine groups is 1. The molecular formula is C19H35N5S. The van der Waals surface area contributed by atoms with Crippen molar-refractivity contribution in [1.29, 1.82) is 0 Å². The zero-order chi connectivity index (χ0) is 18.1. The third-order valence-electron chi connectivity index (χ3n) is 4.66. The SMILES string of the molecule is CCNC(=NCc1csc(C(C)C)n1)NCCCN1CCCCC1C. The van der Waals surface area contributed by atoms with Crippen molar-refractivity contribution >= 4 is 17.3 Å². The van der Waals surface area contributed by atoms with Crippen molar-refractivity contribution in [3.63, 3.8) is 0 Å². The van der Waals surface area contributed by atoms with Gasteiger partial charge in [-0.25, -0.2) is 9.98 Å². The molecule has 1 aliphatic heterocycles. The molecule has 1 aromatic heterocycles. The molecule has 0 saturated carbocycles. The van der Waals surface area contributed by atoms with Crippen LogP contribution in [0.1, 0.15) is 70.0 Å². The van der Waals surface area contributed by atoms with Crippen molar-refractivity contribution in [2.24, 2.45) is 4.99 Å². The molecule has 142 valence electrons. The molecule has 2 heterocycles. The number of piperidine rings is 1. The Hall–Kier alpha value is -1.14. The summed E-state index contributed by atoms with van der Waals surface area (Å²) in [6, 6.07) is 0.746. The lowest BCUT2D eigenvalue weighted by Crippen LogP contribution is -2.41. The fourth-order valence-electron chi connectivity index (χ4n) is 3.14. The van der Waals surface area contributed by atoms with Gasteiger partial charge in [0.05, 0.1) is 17.2 Å². The molecule has 0 amide bonds. The Morgan fingerprint density at radius 1 is 1.40 bits per heavy atom. The average Bonchev–Trinajstić information content (AvgIpc) is 3.07. The van der Waals surface area contributed by atoms with Crippen LogP contribution < -0.4 is 10.6 Å². The van der Waals surface area contributed by atoms with Gasteiger partial charge in [-0.1, -0.05) is 20.3 Å². The minimum atomic E-state index is 0.492. The van der Waals surface area contributed by atoms with Crippen molar-refractivity contribution < 1.29 is 0 Å². The molecular weight excluding hydrogens is 330 g/mol. The third kappa shape index (κ3) is 6.94. The maximum absolute atomic E-state index is 4.68. The number of nitrogens with one attached hydrogen (secondary N) is 2. The van der Waals surface area contributed by atoms with E-state index in [0.717, 1.165) is 37.2 Å². The van der Waals surface area contributed by atoms with E-state index in [4.69, 9.17) is 0 Å². The minimum Gasteiger partial charge on any atom is -0.357 e. The third-order valence-corrected chi connectivity index (χ3v) is 5.86. The van der Waals surface area contributed by atoms with Gasteiger partial charge in [-0.15, -0.1) is 11.3 Å². The summed E-state index contributed by atoms with van der Waals surface area (Å²) in [5.74, 6) is 1.39. The van der Waals surface area contributed by atoms with Crippen molar-refractivity contribution in [2.45, 2.75) is 71.9 Å². The van der Waals surface area contributed by atoms with Crippen molar-refractivity contribution in [1.82, 2.24) is 20.5 Å². The first-order chi connectivity index (χ1) is 12.1. The molecule has 0 aromatic carbocycles.